The molecule has 28 heavy (non-hydrogen) atoms. The highest BCUT2D eigenvalue weighted by Gasteiger charge is 2.44. The fourth-order valence-corrected chi connectivity index (χ4v) is 5.84. The number of aryl methyl sites for hydroxylation is 1. The standard InChI is InChI=1S/C23H30N4S/c1-15-14-19(16(2)26(15)18-11-12-18)22-21(20-10-6-7-13-24-20)25-23(28)27(22)17-8-4-3-5-9-17/h6-7,10,13-14,17-18,21-22H,3-5,8-9,11-12H2,1-2H3,(H,25,28). The summed E-state index contributed by atoms with van der Waals surface area (Å²) in [6, 6.07) is 10.2. The Kier molecular flexibility index (Phi) is 4.66. The Labute approximate surface area is 173 Å². The van der Waals surface area contributed by atoms with Crippen molar-refractivity contribution in [2.45, 2.75) is 83.0 Å². The summed E-state index contributed by atoms with van der Waals surface area (Å²) in [4.78, 5) is 7.24. The molecule has 1 aliphatic heterocycles. The predicted octanol–water partition coefficient (Wildman–Crippen LogP) is 5.14. The van der Waals surface area contributed by atoms with E-state index in [1.165, 1.54) is 61.9 Å². The van der Waals surface area contributed by atoms with E-state index in [9.17, 15) is 0 Å². The van der Waals surface area contributed by atoms with E-state index in [1.54, 1.807) is 0 Å². The molecule has 1 N–H and O–H groups in total. The minimum Gasteiger partial charge on any atom is -0.352 e. The van der Waals surface area contributed by atoms with E-state index < -0.39 is 0 Å². The topological polar surface area (TPSA) is 33.1 Å². The summed E-state index contributed by atoms with van der Waals surface area (Å²) in [5.41, 5.74) is 5.32. The van der Waals surface area contributed by atoms with Gasteiger partial charge in [-0.3, -0.25) is 4.98 Å². The second kappa shape index (κ2) is 7.18. The van der Waals surface area contributed by atoms with E-state index in [1.807, 2.05) is 12.3 Å². The molecule has 3 heterocycles. The van der Waals surface area contributed by atoms with Crippen molar-refractivity contribution in [2.75, 3.05) is 0 Å². The lowest BCUT2D eigenvalue weighted by Crippen LogP contribution is -2.40. The number of rotatable bonds is 4. The van der Waals surface area contributed by atoms with Crippen molar-refractivity contribution in [3.05, 3.63) is 53.1 Å². The lowest BCUT2D eigenvalue weighted by molar-refractivity contribution is 0.196. The lowest BCUT2D eigenvalue weighted by atomic mass is 9.90. The molecule has 5 heteroatoms. The fourth-order valence-electron chi connectivity index (χ4n) is 5.45. The van der Waals surface area contributed by atoms with Gasteiger partial charge in [-0.25, -0.2) is 0 Å². The molecule has 2 saturated carbocycles. The van der Waals surface area contributed by atoms with Gasteiger partial charge in [0.25, 0.3) is 0 Å². The summed E-state index contributed by atoms with van der Waals surface area (Å²) >= 11 is 5.90. The quantitative estimate of drug-likeness (QED) is 0.728. The van der Waals surface area contributed by atoms with Crippen LogP contribution in [0.5, 0.6) is 0 Å². The van der Waals surface area contributed by atoms with Gasteiger partial charge in [-0.1, -0.05) is 25.3 Å². The van der Waals surface area contributed by atoms with Crippen molar-refractivity contribution in [1.29, 1.82) is 0 Å². The van der Waals surface area contributed by atoms with Crippen LogP contribution in [0, 0.1) is 13.8 Å². The highest BCUT2D eigenvalue weighted by Crippen LogP contribution is 2.46. The van der Waals surface area contributed by atoms with Crippen molar-refractivity contribution in [1.82, 2.24) is 19.8 Å². The zero-order valence-corrected chi connectivity index (χ0v) is 17.7. The molecule has 0 aromatic carbocycles. The average molecular weight is 395 g/mol. The minimum absolute atomic E-state index is 0.115. The van der Waals surface area contributed by atoms with Gasteiger partial charge in [0.05, 0.1) is 17.8 Å². The van der Waals surface area contributed by atoms with E-state index >= 15 is 0 Å². The van der Waals surface area contributed by atoms with Crippen LogP contribution < -0.4 is 5.32 Å². The molecule has 2 aromatic heterocycles. The zero-order valence-electron chi connectivity index (χ0n) is 16.9. The number of pyridine rings is 1. The Morgan fingerprint density at radius 2 is 1.82 bits per heavy atom. The summed E-state index contributed by atoms with van der Waals surface area (Å²) in [7, 11) is 0. The molecule has 0 radical (unpaired) electrons. The van der Waals surface area contributed by atoms with E-state index in [-0.39, 0.29) is 12.1 Å². The molecule has 0 amide bonds. The third-order valence-electron chi connectivity index (χ3n) is 6.86. The molecule has 3 aliphatic rings. The first kappa shape index (κ1) is 18.2. The summed E-state index contributed by atoms with van der Waals surface area (Å²) in [5.74, 6) is 0. The number of nitrogens with one attached hydrogen (secondary N) is 1. The molecule has 5 rings (SSSR count). The van der Waals surface area contributed by atoms with Crippen LogP contribution in [-0.4, -0.2) is 25.6 Å². The lowest BCUT2D eigenvalue weighted by Gasteiger charge is -2.37. The first-order chi connectivity index (χ1) is 13.6. The molecule has 2 atom stereocenters. The Balaban J connectivity index is 1.59. The van der Waals surface area contributed by atoms with Crippen LogP contribution in [-0.2, 0) is 0 Å². The largest absolute Gasteiger partial charge is 0.352 e. The number of hydrogen-bond donors (Lipinski definition) is 1. The minimum atomic E-state index is 0.115. The first-order valence-electron chi connectivity index (χ1n) is 10.8. The van der Waals surface area contributed by atoms with Gasteiger partial charge in [-0.05, 0) is 75.5 Å². The molecular weight excluding hydrogens is 364 g/mol. The van der Waals surface area contributed by atoms with Gasteiger partial charge < -0.3 is 14.8 Å². The van der Waals surface area contributed by atoms with Crippen molar-refractivity contribution < 1.29 is 0 Å². The van der Waals surface area contributed by atoms with Gasteiger partial charge in [0.15, 0.2) is 5.11 Å². The van der Waals surface area contributed by atoms with Gasteiger partial charge in [-0.2, -0.15) is 0 Å². The summed E-state index contributed by atoms with van der Waals surface area (Å²) in [6.45, 7) is 4.56. The monoisotopic (exact) mass is 394 g/mol. The fraction of sp³-hybridized carbons (Fsp3) is 0.565. The van der Waals surface area contributed by atoms with Crippen LogP contribution in [0.4, 0.5) is 0 Å². The molecular formula is C23H30N4S. The summed E-state index contributed by atoms with van der Waals surface area (Å²) in [5, 5.41) is 4.56. The number of thiocarbonyl (C=S) groups is 1. The number of nitrogens with zero attached hydrogens (tertiary/aromatic N) is 3. The zero-order chi connectivity index (χ0) is 19.3. The first-order valence-corrected chi connectivity index (χ1v) is 11.2. The predicted molar refractivity (Wildman–Crippen MR) is 116 cm³/mol. The van der Waals surface area contributed by atoms with Gasteiger partial charge in [0.1, 0.15) is 0 Å². The average Bonchev–Trinajstić information content (AvgIpc) is 3.42. The summed E-state index contributed by atoms with van der Waals surface area (Å²) in [6.07, 6.45) is 11.0. The second-order valence-corrected chi connectivity index (χ2v) is 9.14. The van der Waals surface area contributed by atoms with E-state index in [2.05, 4.69) is 46.8 Å². The Hall–Kier alpha value is -1.88. The van der Waals surface area contributed by atoms with Crippen LogP contribution in [0.15, 0.2) is 30.5 Å². The molecule has 2 aliphatic carbocycles. The van der Waals surface area contributed by atoms with E-state index in [4.69, 9.17) is 17.2 Å². The Morgan fingerprint density at radius 1 is 1.04 bits per heavy atom. The van der Waals surface area contributed by atoms with Gasteiger partial charge >= 0.3 is 0 Å². The maximum Gasteiger partial charge on any atom is 0.170 e. The van der Waals surface area contributed by atoms with Crippen LogP contribution in [0.1, 0.15) is 85.7 Å². The maximum atomic E-state index is 5.90. The van der Waals surface area contributed by atoms with Gasteiger partial charge in [0.2, 0.25) is 0 Å². The maximum absolute atomic E-state index is 5.90. The molecule has 2 aromatic rings. The van der Waals surface area contributed by atoms with Crippen molar-refractivity contribution in [2.24, 2.45) is 0 Å². The highest BCUT2D eigenvalue weighted by molar-refractivity contribution is 7.80. The van der Waals surface area contributed by atoms with Crippen molar-refractivity contribution >= 4 is 17.3 Å². The third-order valence-corrected chi connectivity index (χ3v) is 7.19. The van der Waals surface area contributed by atoms with E-state index in [0.29, 0.717) is 12.1 Å². The SMILES string of the molecule is Cc1cc(C2C(c3ccccn3)NC(=S)N2C2CCCCC2)c(C)n1C1CC1. The Morgan fingerprint density at radius 3 is 2.50 bits per heavy atom. The molecule has 3 fully saturated rings. The smallest absolute Gasteiger partial charge is 0.170 e. The van der Waals surface area contributed by atoms with Crippen LogP contribution >= 0.6 is 12.2 Å². The van der Waals surface area contributed by atoms with Crippen molar-refractivity contribution in [3.8, 4) is 0 Å². The molecule has 2 unspecified atom stereocenters. The van der Waals surface area contributed by atoms with Crippen LogP contribution in [0.25, 0.3) is 0 Å². The summed E-state index contributed by atoms with van der Waals surface area (Å²) < 4.78 is 2.56. The van der Waals surface area contributed by atoms with Gasteiger partial charge in [-0.15, -0.1) is 0 Å². The third kappa shape index (κ3) is 3.04. The van der Waals surface area contributed by atoms with Crippen molar-refractivity contribution in [3.63, 3.8) is 0 Å². The molecule has 0 bridgehead atoms. The molecule has 0 spiro atoms. The van der Waals surface area contributed by atoms with Gasteiger partial charge in [0, 0.05) is 29.7 Å². The molecule has 4 nitrogen and oxygen atoms in total. The second-order valence-electron chi connectivity index (χ2n) is 8.75. The van der Waals surface area contributed by atoms with E-state index in [0.717, 1.165) is 10.8 Å². The molecule has 148 valence electrons. The Bertz CT molecular complexity index is 864. The highest BCUT2D eigenvalue weighted by atomic mass is 32.1. The molecule has 1 saturated heterocycles. The van der Waals surface area contributed by atoms with Crippen LogP contribution in [0.3, 0.4) is 0 Å². The number of hydrogen-bond acceptors (Lipinski definition) is 2. The van der Waals surface area contributed by atoms with Crippen LogP contribution in [0.2, 0.25) is 0 Å². The number of aromatic nitrogens is 2. The normalized spacial score (nSPS) is 25.9.